The number of hydrogen-bond donors (Lipinski definition) is 2. The Morgan fingerprint density at radius 3 is 2.52 bits per heavy atom. The van der Waals surface area contributed by atoms with Gasteiger partial charge in [0.25, 0.3) is 5.91 Å². The number of aromatic nitrogens is 1. The molecule has 0 bridgehead atoms. The Balaban J connectivity index is 1.84. The van der Waals surface area contributed by atoms with Crippen LogP contribution in [-0.4, -0.2) is 38.3 Å². The predicted octanol–water partition coefficient (Wildman–Crippen LogP) is 2.08. The summed E-state index contributed by atoms with van der Waals surface area (Å²) in [5.74, 6) is 1.35. The van der Waals surface area contributed by atoms with Gasteiger partial charge in [-0.15, -0.1) is 0 Å². The first kappa shape index (κ1) is 16.8. The van der Waals surface area contributed by atoms with E-state index < -0.39 is 0 Å². The van der Waals surface area contributed by atoms with Gasteiger partial charge in [-0.2, -0.15) is 0 Å². The van der Waals surface area contributed by atoms with Crippen molar-refractivity contribution >= 4 is 11.7 Å². The molecule has 0 aliphatic rings. The number of carbonyl (C=O) groups excluding carboxylic acids is 1. The van der Waals surface area contributed by atoms with Crippen molar-refractivity contribution in [2.45, 2.75) is 6.54 Å². The molecule has 23 heavy (non-hydrogen) atoms. The first-order valence-electron chi connectivity index (χ1n) is 7.33. The van der Waals surface area contributed by atoms with Crippen molar-refractivity contribution in [3.05, 3.63) is 53.7 Å². The summed E-state index contributed by atoms with van der Waals surface area (Å²) in [5, 5.41) is 5.97. The van der Waals surface area contributed by atoms with Crippen LogP contribution in [0.5, 0.6) is 5.75 Å². The average Bonchev–Trinajstić information content (AvgIpc) is 2.61. The average molecular weight is 315 g/mol. The number of nitrogens with zero attached hydrogens (tertiary/aromatic N) is 1. The molecule has 0 atom stereocenters. The molecular weight excluding hydrogens is 294 g/mol. The zero-order valence-electron chi connectivity index (χ0n) is 13.3. The van der Waals surface area contributed by atoms with Gasteiger partial charge < -0.3 is 20.1 Å². The topological polar surface area (TPSA) is 72.5 Å². The molecule has 0 saturated carbocycles. The van der Waals surface area contributed by atoms with E-state index in [-0.39, 0.29) is 5.91 Å². The van der Waals surface area contributed by atoms with Gasteiger partial charge in [0, 0.05) is 26.4 Å². The van der Waals surface area contributed by atoms with Crippen molar-refractivity contribution in [1.29, 1.82) is 0 Å². The van der Waals surface area contributed by atoms with Crippen molar-refractivity contribution in [3.63, 3.8) is 0 Å². The van der Waals surface area contributed by atoms with E-state index in [0.29, 0.717) is 31.1 Å². The molecule has 0 spiro atoms. The molecule has 0 saturated heterocycles. The number of carbonyl (C=O) groups is 1. The van der Waals surface area contributed by atoms with Crippen LogP contribution in [0.25, 0.3) is 0 Å². The summed E-state index contributed by atoms with van der Waals surface area (Å²) in [6.45, 7) is 1.73. The zero-order chi connectivity index (χ0) is 16.5. The maximum Gasteiger partial charge on any atom is 0.253 e. The van der Waals surface area contributed by atoms with E-state index in [1.54, 1.807) is 32.5 Å². The third-order valence-electron chi connectivity index (χ3n) is 3.25. The quantitative estimate of drug-likeness (QED) is 0.730. The minimum atomic E-state index is -0.156. The van der Waals surface area contributed by atoms with Crippen molar-refractivity contribution in [3.8, 4) is 5.75 Å². The lowest BCUT2D eigenvalue weighted by Crippen LogP contribution is -2.23. The largest absolute Gasteiger partial charge is 0.497 e. The highest BCUT2D eigenvalue weighted by atomic mass is 16.5. The number of rotatable bonds is 8. The molecule has 1 aromatic heterocycles. The van der Waals surface area contributed by atoms with Crippen LogP contribution in [0.1, 0.15) is 15.9 Å². The summed E-state index contributed by atoms with van der Waals surface area (Å²) < 4.78 is 10.1. The van der Waals surface area contributed by atoms with Crippen molar-refractivity contribution < 1.29 is 14.3 Å². The molecule has 2 N–H and O–H groups in total. The van der Waals surface area contributed by atoms with Crippen LogP contribution in [0.2, 0.25) is 0 Å². The number of ether oxygens (including phenoxy) is 2. The molecule has 2 aromatic rings. The molecule has 6 nitrogen and oxygen atoms in total. The van der Waals surface area contributed by atoms with E-state index in [2.05, 4.69) is 15.6 Å². The number of methoxy groups -OCH3 is 2. The molecule has 0 radical (unpaired) electrons. The first-order valence-corrected chi connectivity index (χ1v) is 7.33. The van der Waals surface area contributed by atoms with Crippen molar-refractivity contribution in [2.24, 2.45) is 0 Å². The summed E-state index contributed by atoms with van der Waals surface area (Å²) in [4.78, 5) is 16.3. The zero-order valence-corrected chi connectivity index (χ0v) is 13.3. The minimum absolute atomic E-state index is 0.156. The van der Waals surface area contributed by atoms with Gasteiger partial charge in [0.05, 0.1) is 19.3 Å². The maximum atomic E-state index is 12.1. The molecule has 0 aliphatic heterocycles. The Morgan fingerprint density at radius 1 is 1.13 bits per heavy atom. The lowest BCUT2D eigenvalue weighted by molar-refractivity contribution is 0.0950. The number of pyridine rings is 1. The Morgan fingerprint density at radius 2 is 1.91 bits per heavy atom. The van der Waals surface area contributed by atoms with E-state index in [0.717, 1.165) is 11.3 Å². The van der Waals surface area contributed by atoms with Gasteiger partial charge >= 0.3 is 0 Å². The highest BCUT2D eigenvalue weighted by Crippen LogP contribution is 2.11. The third-order valence-corrected chi connectivity index (χ3v) is 3.25. The number of nitrogens with one attached hydrogen (secondary N) is 2. The maximum absolute atomic E-state index is 12.1. The van der Waals surface area contributed by atoms with Gasteiger partial charge in [-0.25, -0.2) is 4.98 Å². The van der Waals surface area contributed by atoms with E-state index in [4.69, 9.17) is 9.47 Å². The number of hydrogen-bond acceptors (Lipinski definition) is 5. The molecular formula is C17H21N3O3. The molecule has 0 unspecified atom stereocenters. The summed E-state index contributed by atoms with van der Waals surface area (Å²) in [5.41, 5.74) is 1.53. The number of anilines is 1. The van der Waals surface area contributed by atoms with Crippen molar-refractivity contribution in [2.75, 3.05) is 32.7 Å². The van der Waals surface area contributed by atoms with E-state index in [9.17, 15) is 4.79 Å². The van der Waals surface area contributed by atoms with Crippen LogP contribution in [-0.2, 0) is 11.3 Å². The van der Waals surface area contributed by atoms with Crippen LogP contribution in [0, 0.1) is 0 Å². The van der Waals surface area contributed by atoms with E-state index in [1.807, 2.05) is 24.3 Å². The Labute approximate surface area is 135 Å². The van der Waals surface area contributed by atoms with Crippen LogP contribution in [0.3, 0.4) is 0 Å². The summed E-state index contributed by atoms with van der Waals surface area (Å²) >= 11 is 0. The Bertz CT molecular complexity index is 612. The lowest BCUT2D eigenvalue weighted by Gasteiger charge is -2.08. The monoisotopic (exact) mass is 315 g/mol. The van der Waals surface area contributed by atoms with Crippen LogP contribution < -0.4 is 15.4 Å². The van der Waals surface area contributed by atoms with Crippen LogP contribution in [0.4, 0.5) is 5.82 Å². The second-order valence-corrected chi connectivity index (χ2v) is 4.88. The van der Waals surface area contributed by atoms with Crippen LogP contribution >= 0.6 is 0 Å². The molecule has 1 heterocycles. The van der Waals surface area contributed by atoms with Crippen molar-refractivity contribution in [1.82, 2.24) is 10.3 Å². The molecule has 0 aliphatic carbocycles. The highest BCUT2D eigenvalue weighted by molar-refractivity contribution is 5.94. The molecule has 0 fully saturated rings. The highest BCUT2D eigenvalue weighted by Gasteiger charge is 2.06. The van der Waals surface area contributed by atoms with Gasteiger partial charge in [-0.1, -0.05) is 12.1 Å². The minimum Gasteiger partial charge on any atom is -0.497 e. The Kier molecular flexibility index (Phi) is 6.38. The standard InChI is InChI=1S/C17H21N3O3/c1-22-10-9-18-16-8-5-14(12-19-16)17(21)20-11-13-3-6-15(23-2)7-4-13/h3-8,12H,9-11H2,1-2H3,(H,18,19)(H,20,21). The predicted molar refractivity (Wildman–Crippen MR) is 88.8 cm³/mol. The second-order valence-electron chi connectivity index (χ2n) is 4.88. The van der Waals surface area contributed by atoms with Gasteiger partial charge in [0.1, 0.15) is 11.6 Å². The summed E-state index contributed by atoms with van der Waals surface area (Å²) in [7, 11) is 3.27. The SMILES string of the molecule is COCCNc1ccc(C(=O)NCc2ccc(OC)cc2)cn1. The number of amides is 1. The summed E-state index contributed by atoms with van der Waals surface area (Å²) in [6.07, 6.45) is 1.55. The number of benzene rings is 1. The normalized spacial score (nSPS) is 10.2. The molecule has 122 valence electrons. The van der Waals surface area contributed by atoms with Gasteiger partial charge in [-0.05, 0) is 29.8 Å². The lowest BCUT2D eigenvalue weighted by atomic mass is 10.2. The smallest absolute Gasteiger partial charge is 0.253 e. The fourth-order valence-electron chi connectivity index (χ4n) is 1.94. The van der Waals surface area contributed by atoms with Gasteiger partial charge in [0.15, 0.2) is 0 Å². The van der Waals surface area contributed by atoms with E-state index in [1.165, 1.54) is 0 Å². The van der Waals surface area contributed by atoms with Gasteiger partial charge in [0.2, 0.25) is 0 Å². The molecule has 1 aromatic carbocycles. The summed E-state index contributed by atoms with van der Waals surface area (Å²) in [6, 6.07) is 11.1. The fourth-order valence-corrected chi connectivity index (χ4v) is 1.94. The van der Waals surface area contributed by atoms with E-state index >= 15 is 0 Å². The second kappa shape index (κ2) is 8.75. The van der Waals surface area contributed by atoms with Gasteiger partial charge in [-0.3, -0.25) is 4.79 Å². The first-order chi connectivity index (χ1) is 11.2. The third kappa shape index (κ3) is 5.27. The Hall–Kier alpha value is -2.60. The molecule has 6 heteroatoms. The molecule has 2 rings (SSSR count). The van der Waals surface area contributed by atoms with Crippen LogP contribution in [0.15, 0.2) is 42.6 Å². The fraction of sp³-hybridized carbons (Fsp3) is 0.294. The molecule has 1 amide bonds.